The lowest BCUT2D eigenvalue weighted by Gasteiger charge is -2.29. The highest BCUT2D eigenvalue weighted by molar-refractivity contribution is 5.78. The number of amides is 1. The smallest absolute Gasteiger partial charge is 0.224 e. The Morgan fingerprint density at radius 2 is 1.70 bits per heavy atom. The summed E-state index contributed by atoms with van der Waals surface area (Å²) in [5.41, 5.74) is 4.21. The summed E-state index contributed by atoms with van der Waals surface area (Å²) < 4.78 is 1.78. The van der Waals surface area contributed by atoms with E-state index in [1.165, 1.54) is 5.56 Å². The van der Waals surface area contributed by atoms with Crippen LogP contribution in [0.5, 0.6) is 0 Å². The van der Waals surface area contributed by atoms with Gasteiger partial charge in [0.25, 0.3) is 0 Å². The number of para-hydroxylation sites is 1. The van der Waals surface area contributed by atoms with E-state index in [0.29, 0.717) is 13.0 Å². The first-order valence-corrected chi connectivity index (χ1v) is 10.5. The fraction of sp³-hybridized carbons (Fsp3) is 0.333. The monoisotopic (exact) mass is 404 g/mol. The lowest BCUT2D eigenvalue weighted by molar-refractivity contribution is -0.120. The summed E-state index contributed by atoms with van der Waals surface area (Å²) in [6.45, 7) is 3.31. The number of carbonyl (C=O) groups excluding carboxylic acids is 1. The lowest BCUT2D eigenvalue weighted by Crippen LogP contribution is -2.35. The fourth-order valence-corrected chi connectivity index (χ4v) is 3.72. The second-order valence-electron chi connectivity index (χ2n) is 7.91. The summed E-state index contributed by atoms with van der Waals surface area (Å²) in [5.74, 6) is -0.0152. The van der Waals surface area contributed by atoms with Gasteiger partial charge in [0.2, 0.25) is 5.91 Å². The Morgan fingerprint density at radius 1 is 1.00 bits per heavy atom. The molecule has 0 radical (unpaired) electrons. The zero-order chi connectivity index (χ0) is 20.8. The summed E-state index contributed by atoms with van der Waals surface area (Å²) in [7, 11) is 0. The minimum Gasteiger partial charge on any atom is -0.393 e. The molecular formula is C24H28N4O2. The van der Waals surface area contributed by atoms with Crippen LogP contribution in [0.2, 0.25) is 0 Å². The van der Waals surface area contributed by atoms with Crippen molar-refractivity contribution >= 4 is 5.91 Å². The van der Waals surface area contributed by atoms with Gasteiger partial charge < -0.3 is 10.4 Å². The molecule has 1 aliphatic rings. The van der Waals surface area contributed by atoms with Crippen LogP contribution in [0.1, 0.15) is 29.5 Å². The van der Waals surface area contributed by atoms with E-state index in [4.69, 9.17) is 0 Å². The lowest BCUT2D eigenvalue weighted by atomic mass is 10.1. The first-order valence-electron chi connectivity index (χ1n) is 10.5. The number of aromatic nitrogens is 2. The number of hydrogen-bond donors (Lipinski definition) is 2. The molecule has 30 heavy (non-hydrogen) atoms. The van der Waals surface area contributed by atoms with Crippen LogP contribution in [0.3, 0.4) is 0 Å². The van der Waals surface area contributed by atoms with E-state index in [9.17, 15) is 9.90 Å². The van der Waals surface area contributed by atoms with Gasteiger partial charge in [0.05, 0.1) is 24.4 Å². The number of carbonyl (C=O) groups is 1. The van der Waals surface area contributed by atoms with E-state index in [1.54, 1.807) is 10.9 Å². The maximum Gasteiger partial charge on any atom is 0.224 e. The zero-order valence-corrected chi connectivity index (χ0v) is 17.1. The Bertz CT molecular complexity index is 945. The van der Waals surface area contributed by atoms with Crippen molar-refractivity contribution in [3.8, 4) is 5.69 Å². The summed E-state index contributed by atoms with van der Waals surface area (Å²) >= 11 is 0. The van der Waals surface area contributed by atoms with E-state index in [-0.39, 0.29) is 12.0 Å². The van der Waals surface area contributed by atoms with Crippen molar-refractivity contribution in [3.05, 3.63) is 83.7 Å². The molecule has 2 N–H and O–H groups in total. The Kier molecular flexibility index (Phi) is 6.57. The molecule has 2 heterocycles. The van der Waals surface area contributed by atoms with Gasteiger partial charge in [-0.1, -0.05) is 42.5 Å². The van der Waals surface area contributed by atoms with Gasteiger partial charge in [-0.2, -0.15) is 5.10 Å². The van der Waals surface area contributed by atoms with E-state index in [2.05, 4.69) is 39.6 Å². The van der Waals surface area contributed by atoms with Crippen LogP contribution >= 0.6 is 0 Å². The highest BCUT2D eigenvalue weighted by Gasteiger charge is 2.16. The number of hydrogen-bond acceptors (Lipinski definition) is 4. The predicted molar refractivity (Wildman–Crippen MR) is 116 cm³/mol. The van der Waals surface area contributed by atoms with Crippen LogP contribution in [0.25, 0.3) is 5.69 Å². The summed E-state index contributed by atoms with van der Waals surface area (Å²) in [6, 6.07) is 18.2. The molecule has 3 aromatic rings. The second kappa shape index (κ2) is 9.69. The molecule has 0 atom stereocenters. The molecule has 1 aliphatic heterocycles. The normalized spacial score (nSPS) is 15.2. The Morgan fingerprint density at radius 3 is 2.43 bits per heavy atom. The molecule has 4 rings (SSSR count). The molecule has 0 spiro atoms. The first-order chi connectivity index (χ1) is 14.7. The van der Waals surface area contributed by atoms with Crippen molar-refractivity contribution in [3.63, 3.8) is 0 Å². The van der Waals surface area contributed by atoms with E-state index in [0.717, 1.165) is 49.3 Å². The van der Waals surface area contributed by atoms with Crippen molar-refractivity contribution in [2.75, 3.05) is 13.1 Å². The molecule has 1 amide bonds. The number of likely N-dealkylation sites (tertiary alicyclic amines) is 1. The van der Waals surface area contributed by atoms with E-state index < -0.39 is 0 Å². The van der Waals surface area contributed by atoms with Crippen LogP contribution in [0.15, 0.2) is 67.0 Å². The van der Waals surface area contributed by atoms with Gasteiger partial charge in [0.1, 0.15) is 0 Å². The van der Waals surface area contributed by atoms with Crippen molar-refractivity contribution in [2.24, 2.45) is 0 Å². The Balaban J connectivity index is 1.23. The number of piperidine rings is 1. The van der Waals surface area contributed by atoms with E-state index >= 15 is 0 Å². The molecule has 0 saturated carbocycles. The molecule has 6 nitrogen and oxygen atoms in total. The molecule has 0 aliphatic carbocycles. The van der Waals surface area contributed by atoms with Gasteiger partial charge in [0.15, 0.2) is 0 Å². The van der Waals surface area contributed by atoms with Crippen molar-refractivity contribution in [2.45, 2.75) is 38.5 Å². The molecule has 1 fully saturated rings. The van der Waals surface area contributed by atoms with Crippen molar-refractivity contribution in [1.29, 1.82) is 0 Å². The highest BCUT2D eigenvalue weighted by Crippen LogP contribution is 2.14. The first kappa shape index (κ1) is 20.3. The van der Waals surface area contributed by atoms with Gasteiger partial charge in [-0.05, 0) is 41.7 Å². The molecule has 2 aromatic carbocycles. The number of aliphatic hydroxyl groups is 1. The molecule has 6 heteroatoms. The molecule has 1 aromatic heterocycles. The third kappa shape index (κ3) is 5.55. The summed E-state index contributed by atoms with van der Waals surface area (Å²) in [5, 5.41) is 16.9. The number of benzene rings is 2. The maximum atomic E-state index is 12.3. The molecular weight excluding hydrogens is 376 g/mol. The van der Waals surface area contributed by atoms with Crippen molar-refractivity contribution < 1.29 is 9.90 Å². The minimum absolute atomic E-state index is 0.0152. The number of nitrogens with one attached hydrogen (secondary N) is 1. The van der Waals surface area contributed by atoms with Crippen LogP contribution in [0.4, 0.5) is 0 Å². The number of rotatable bonds is 7. The molecule has 0 unspecified atom stereocenters. The number of nitrogens with zero attached hydrogens (tertiary/aromatic N) is 3. The van der Waals surface area contributed by atoms with E-state index in [1.807, 2.05) is 36.5 Å². The largest absolute Gasteiger partial charge is 0.393 e. The van der Waals surface area contributed by atoms with Crippen LogP contribution in [0, 0.1) is 0 Å². The average Bonchev–Trinajstić information content (AvgIpc) is 3.24. The number of aliphatic hydroxyl groups excluding tert-OH is 1. The zero-order valence-electron chi connectivity index (χ0n) is 17.1. The third-order valence-electron chi connectivity index (χ3n) is 5.50. The molecule has 1 saturated heterocycles. The summed E-state index contributed by atoms with van der Waals surface area (Å²) in [6.07, 6.45) is 5.51. The quantitative estimate of drug-likeness (QED) is 0.635. The van der Waals surface area contributed by atoms with Gasteiger partial charge >= 0.3 is 0 Å². The minimum atomic E-state index is -0.139. The Hall–Kier alpha value is -2.96. The van der Waals surface area contributed by atoms with Crippen LogP contribution in [-0.2, 0) is 24.3 Å². The summed E-state index contributed by atoms with van der Waals surface area (Å²) in [4.78, 5) is 14.7. The Labute approximate surface area is 177 Å². The molecule has 156 valence electrons. The van der Waals surface area contributed by atoms with Gasteiger partial charge in [0, 0.05) is 32.4 Å². The standard InChI is InChI=1S/C24H28N4O2/c29-23-10-12-27(13-11-23)17-20-8-6-19(7-9-20)15-25-24(30)14-21-16-26-28(18-21)22-4-2-1-3-5-22/h1-9,16,18,23,29H,10-15,17H2,(H,25,30). The topological polar surface area (TPSA) is 70.4 Å². The van der Waals surface area contributed by atoms with Crippen LogP contribution < -0.4 is 5.32 Å². The van der Waals surface area contributed by atoms with Gasteiger partial charge in [-0.25, -0.2) is 4.68 Å². The van der Waals surface area contributed by atoms with Gasteiger partial charge in [-0.3, -0.25) is 9.69 Å². The SMILES string of the molecule is O=C(Cc1cnn(-c2ccccc2)c1)NCc1ccc(CN2CCC(O)CC2)cc1. The van der Waals surface area contributed by atoms with Crippen molar-refractivity contribution in [1.82, 2.24) is 20.0 Å². The fourth-order valence-electron chi connectivity index (χ4n) is 3.72. The maximum absolute atomic E-state index is 12.3. The third-order valence-corrected chi connectivity index (χ3v) is 5.50. The highest BCUT2D eigenvalue weighted by atomic mass is 16.3. The molecule has 0 bridgehead atoms. The van der Waals surface area contributed by atoms with Gasteiger partial charge in [-0.15, -0.1) is 0 Å². The average molecular weight is 405 g/mol. The second-order valence-corrected chi connectivity index (χ2v) is 7.91. The predicted octanol–water partition coefficient (Wildman–Crippen LogP) is 2.69. The van der Waals surface area contributed by atoms with Crippen LogP contribution in [-0.4, -0.2) is 44.9 Å².